The van der Waals surface area contributed by atoms with E-state index in [4.69, 9.17) is 4.74 Å². The fourth-order valence-electron chi connectivity index (χ4n) is 2.68. The van der Waals surface area contributed by atoms with Gasteiger partial charge in [0.1, 0.15) is 5.75 Å². The Hall–Kier alpha value is -2.53. The fraction of sp³-hybridized carbons (Fsp3) is 0.278. The van der Waals surface area contributed by atoms with Crippen LogP contribution in [0.3, 0.4) is 0 Å². The molecular formula is C18H21N3O2. The summed E-state index contributed by atoms with van der Waals surface area (Å²) in [6.07, 6.45) is 0. The van der Waals surface area contributed by atoms with Crippen molar-refractivity contribution in [1.82, 2.24) is 4.90 Å². The van der Waals surface area contributed by atoms with Gasteiger partial charge in [-0.3, -0.25) is 4.79 Å². The zero-order chi connectivity index (χ0) is 16.4. The quantitative estimate of drug-likeness (QED) is 0.943. The van der Waals surface area contributed by atoms with Crippen molar-refractivity contribution in [2.45, 2.75) is 0 Å². The minimum atomic E-state index is 0.0128. The van der Waals surface area contributed by atoms with Crippen LogP contribution in [0.1, 0.15) is 10.4 Å². The Balaban J connectivity index is 2.09. The third kappa shape index (κ3) is 3.00. The maximum atomic E-state index is 13.0. The van der Waals surface area contributed by atoms with Gasteiger partial charge in [-0.05, 0) is 38.4 Å². The van der Waals surface area contributed by atoms with E-state index in [-0.39, 0.29) is 5.91 Å². The number of amides is 1. The molecule has 1 aliphatic heterocycles. The number of methoxy groups -OCH3 is 1. The molecule has 0 saturated heterocycles. The Morgan fingerprint density at radius 3 is 2.65 bits per heavy atom. The van der Waals surface area contributed by atoms with Gasteiger partial charge in [-0.15, -0.1) is 0 Å². The van der Waals surface area contributed by atoms with Gasteiger partial charge in [0, 0.05) is 19.2 Å². The topological polar surface area (TPSA) is 44.8 Å². The number of hydrogen-bond acceptors (Lipinski definition) is 4. The van der Waals surface area contributed by atoms with Gasteiger partial charge < -0.3 is 19.9 Å². The maximum Gasteiger partial charge on any atom is 0.260 e. The van der Waals surface area contributed by atoms with E-state index >= 15 is 0 Å². The molecule has 120 valence electrons. The highest BCUT2D eigenvalue weighted by molar-refractivity contribution is 6.13. The lowest BCUT2D eigenvalue weighted by atomic mass is 10.1. The highest BCUT2D eigenvalue weighted by Gasteiger charge is 2.26. The number of nitrogens with zero attached hydrogens (tertiary/aromatic N) is 2. The third-order valence-electron chi connectivity index (χ3n) is 3.94. The average Bonchev–Trinajstić information content (AvgIpc) is 2.66. The predicted molar refractivity (Wildman–Crippen MR) is 92.9 cm³/mol. The lowest BCUT2D eigenvalue weighted by Crippen LogP contribution is -2.36. The van der Waals surface area contributed by atoms with Crippen molar-refractivity contribution in [3.63, 3.8) is 0 Å². The zero-order valence-corrected chi connectivity index (χ0v) is 13.7. The summed E-state index contributed by atoms with van der Waals surface area (Å²) in [5.41, 5.74) is 3.25. The molecule has 0 atom stereocenters. The second-order valence-electron chi connectivity index (χ2n) is 5.81. The minimum absolute atomic E-state index is 0.0128. The Labute approximate surface area is 136 Å². The van der Waals surface area contributed by atoms with Crippen LogP contribution in [0, 0.1) is 0 Å². The average molecular weight is 311 g/mol. The van der Waals surface area contributed by atoms with Crippen LogP contribution in [0.4, 0.5) is 17.1 Å². The summed E-state index contributed by atoms with van der Waals surface area (Å²) in [7, 11) is 5.65. The first-order chi connectivity index (χ1) is 11.1. The van der Waals surface area contributed by atoms with Crippen LogP contribution < -0.4 is 15.0 Å². The fourth-order valence-corrected chi connectivity index (χ4v) is 2.68. The van der Waals surface area contributed by atoms with Crippen molar-refractivity contribution in [1.29, 1.82) is 0 Å². The molecule has 5 heteroatoms. The summed E-state index contributed by atoms with van der Waals surface area (Å²) < 4.78 is 5.32. The second kappa shape index (κ2) is 6.30. The molecule has 1 heterocycles. The first-order valence-corrected chi connectivity index (χ1v) is 7.61. The maximum absolute atomic E-state index is 13.0. The molecule has 5 nitrogen and oxygen atoms in total. The number of anilines is 3. The van der Waals surface area contributed by atoms with E-state index < -0.39 is 0 Å². The molecule has 0 spiro atoms. The van der Waals surface area contributed by atoms with Crippen LogP contribution in [0.5, 0.6) is 5.75 Å². The second-order valence-corrected chi connectivity index (χ2v) is 5.81. The molecule has 2 aromatic carbocycles. The van der Waals surface area contributed by atoms with Gasteiger partial charge in [-0.25, -0.2) is 0 Å². The number of rotatable bonds is 4. The highest BCUT2D eigenvalue weighted by Crippen LogP contribution is 2.37. The van der Waals surface area contributed by atoms with Crippen molar-refractivity contribution in [3.8, 4) is 5.75 Å². The molecule has 23 heavy (non-hydrogen) atoms. The van der Waals surface area contributed by atoms with Gasteiger partial charge in [0.25, 0.3) is 5.91 Å². The molecule has 0 unspecified atom stereocenters. The number of nitrogens with one attached hydrogen (secondary N) is 1. The van der Waals surface area contributed by atoms with Gasteiger partial charge in [0.05, 0.1) is 29.7 Å². The Morgan fingerprint density at radius 2 is 1.91 bits per heavy atom. The van der Waals surface area contributed by atoms with Crippen LogP contribution in [0.15, 0.2) is 42.5 Å². The summed E-state index contributed by atoms with van der Waals surface area (Å²) in [4.78, 5) is 16.9. The van der Waals surface area contributed by atoms with Crippen molar-refractivity contribution < 1.29 is 9.53 Å². The highest BCUT2D eigenvalue weighted by atomic mass is 16.5. The normalized spacial score (nSPS) is 13.2. The molecule has 2 aromatic rings. The Morgan fingerprint density at radius 1 is 1.13 bits per heavy atom. The first-order valence-electron chi connectivity index (χ1n) is 7.61. The zero-order valence-electron chi connectivity index (χ0n) is 13.7. The van der Waals surface area contributed by atoms with Crippen molar-refractivity contribution in [2.24, 2.45) is 0 Å². The SMILES string of the molecule is COc1ccc2c(c1)Nc1ccccc1C(=O)N2CCN(C)C. The Kier molecular flexibility index (Phi) is 4.21. The molecule has 1 aliphatic rings. The van der Waals surface area contributed by atoms with E-state index in [2.05, 4.69) is 10.2 Å². The third-order valence-corrected chi connectivity index (χ3v) is 3.94. The van der Waals surface area contributed by atoms with Crippen LogP contribution in [0.2, 0.25) is 0 Å². The first kappa shape index (κ1) is 15.4. The molecular weight excluding hydrogens is 290 g/mol. The van der Waals surface area contributed by atoms with Crippen molar-refractivity contribution in [2.75, 3.05) is 44.5 Å². The summed E-state index contributed by atoms with van der Waals surface area (Å²) in [6, 6.07) is 13.3. The molecule has 0 aliphatic carbocycles. The monoisotopic (exact) mass is 311 g/mol. The van der Waals surface area contributed by atoms with Crippen LogP contribution >= 0.6 is 0 Å². The molecule has 0 saturated carbocycles. The molecule has 3 rings (SSSR count). The summed E-state index contributed by atoms with van der Waals surface area (Å²) in [5.74, 6) is 0.773. The van der Waals surface area contributed by atoms with E-state index in [1.807, 2.05) is 61.5 Å². The number of fused-ring (bicyclic) bond motifs is 2. The van der Waals surface area contributed by atoms with Crippen molar-refractivity contribution >= 4 is 23.0 Å². The molecule has 0 fully saturated rings. The number of ether oxygens (including phenoxy) is 1. The Bertz CT molecular complexity index is 728. The van der Waals surface area contributed by atoms with E-state index in [0.29, 0.717) is 12.1 Å². The summed E-state index contributed by atoms with van der Waals surface area (Å²) in [5, 5.41) is 3.37. The lowest BCUT2D eigenvalue weighted by Gasteiger charge is -2.24. The number of hydrogen-bond donors (Lipinski definition) is 1. The number of carbonyl (C=O) groups is 1. The van der Waals surface area contributed by atoms with Gasteiger partial charge >= 0.3 is 0 Å². The molecule has 0 radical (unpaired) electrons. The predicted octanol–water partition coefficient (Wildman–Crippen LogP) is 2.96. The van der Waals surface area contributed by atoms with Gasteiger partial charge in [0.2, 0.25) is 0 Å². The summed E-state index contributed by atoms with van der Waals surface area (Å²) >= 11 is 0. The standard InChI is InChI=1S/C18H21N3O2/c1-20(2)10-11-21-17-9-8-13(23-3)12-16(17)19-15-7-5-4-6-14(15)18(21)22/h4-9,12,19H,10-11H2,1-3H3. The van der Waals surface area contributed by atoms with E-state index in [0.717, 1.165) is 29.4 Å². The molecule has 0 aromatic heterocycles. The number of likely N-dealkylation sites (N-methyl/N-ethyl adjacent to an activating group) is 1. The van der Waals surface area contributed by atoms with Crippen LogP contribution in [-0.4, -0.2) is 45.1 Å². The molecule has 1 amide bonds. The molecule has 0 bridgehead atoms. The lowest BCUT2D eigenvalue weighted by molar-refractivity contribution is 0.0986. The van der Waals surface area contributed by atoms with E-state index in [1.165, 1.54) is 0 Å². The van der Waals surface area contributed by atoms with E-state index in [1.54, 1.807) is 7.11 Å². The van der Waals surface area contributed by atoms with Crippen molar-refractivity contribution in [3.05, 3.63) is 48.0 Å². The van der Waals surface area contributed by atoms with E-state index in [9.17, 15) is 4.79 Å². The molecule has 1 N–H and O–H groups in total. The smallest absolute Gasteiger partial charge is 0.260 e. The van der Waals surface area contributed by atoms with Gasteiger partial charge in [-0.2, -0.15) is 0 Å². The van der Waals surface area contributed by atoms with Crippen LogP contribution in [0.25, 0.3) is 0 Å². The number of para-hydroxylation sites is 1. The van der Waals surface area contributed by atoms with Crippen LogP contribution in [-0.2, 0) is 0 Å². The van der Waals surface area contributed by atoms with Gasteiger partial charge in [0.15, 0.2) is 0 Å². The minimum Gasteiger partial charge on any atom is -0.497 e. The number of carbonyl (C=O) groups excluding carboxylic acids is 1. The number of benzene rings is 2. The largest absolute Gasteiger partial charge is 0.497 e. The summed E-state index contributed by atoms with van der Waals surface area (Å²) in [6.45, 7) is 1.42. The van der Waals surface area contributed by atoms with Gasteiger partial charge in [-0.1, -0.05) is 12.1 Å².